The molecule has 6 nitrogen and oxygen atoms in total. The number of imide groups is 2. The number of hydrogen-bond donors (Lipinski definition) is 1. The van der Waals surface area contributed by atoms with Gasteiger partial charge < -0.3 is 4.57 Å². The summed E-state index contributed by atoms with van der Waals surface area (Å²) in [6.45, 7) is 5.98. The minimum Gasteiger partial charge on any atom is -0.317 e. The van der Waals surface area contributed by atoms with E-state index in [0.717, 1.165) is 50.3 Å². The van der Waals surface area contributed by atoms with E-state index in [2.05, 4.69) is 34.1 Å². The Morgan fingerprint density at radius 3 is 2.34 bits per heavy atom. The largest absolute Gasteiger partial charge is 0.335 e. The molecule has 1 saturated heterocycles. The number of carbonyl (C=O) groups is 3. The van der Waals surface area contributed by atoms with Gasteiger partial charge in [0.15, 0.2) is 0 Å². The first-order chi connectivity index (χ1) is 16.9. The fourth-order valence-electron chi connectivity index (χ4n) is 4.64. The maximum Gasteiger partial charge on any atom is 0.335 e. The molecule has 5 rings (SSSR count). The molecule has 1 fully saturated rings. The number of nitrogens with one attached hydrogen (secondary N) is 1. The third-order valence-electron chi connectivity index (χ3n) is 6.48. The lowest BCUT2D eigenvalue weighted by Gasteiger charge is -2.26. The van der Waals surface area contributed by atoms with Crippen molar-refractivity contribution in [2.24, 2.45) is 0 Å². The van der Waals surface area contributed by atoms with Gasteiger partial charge in [-0.3, -0.25) is 14.9 Å². The van der Waals surface area contributed by atoms with Crippen LogP contribution >= 0.6 is 0 Å². The molecule has 35 heavy (non-hydrogen) atoms. The smallest absolute Gasteiger partial charge is 0.317 e. The monoisotopic (exact) mass is 463 g/mol. The lowest BCUT2D eigenvalue weighted by atomic mass is 10.1. The van der Waals surface area contributed by atoms with Gasteiger partial charge in [-0.15, -0.1) is 0 Å². The third kappa shape index (κ3) is 3.83. The van der Waals surface area contributed by atoms with Crippen LogP contribution in [-0.2, 0) is 16.0 Å². The quantitative estimate of drug-likeness (QED) is 0.322. The number of anilines is 1. The van der Waals surface area contributed by atoms with E-state index in [1.165, 1.54) is 0 Å². The van der Waals surface area contributed by atoms with Gasteiger partial charge in [0.1, 0.15) is 5.57 Å². The van der Waals surface area contributed by atoms with Gasteiger partial charge in [-0.1, -0.05) is 55.5 Å². The molecule has 1 aliphatic heterocycles. The highest BCUT2D eigenvalue weighted by Gasteiger charge is 2.37. The van der Waals surface area contributed by atoms with Crippen LogP contribution in [0.2, 0.25) is 0 Å². The molecule has 1 aliphatic rings. The summed E-state index contributed by atoms with van der Waals surface area (Å²) in [5.74, 6) is -1.34. The Balaban J connectivity index is 1.57. The molecule has 0 saturated carbocycles. The summed E-state index contributed by atoms with van der Waals surface area (Å²) in [5.41, 5.74) is 5.05. The molecule has 174 valence electrons. The number of nitrogens with zero attached hydrogens (tertiary/aromatic N) is 2. The average Bonchev–Trinajstić information content (AvgIpc) is 3.14. The van der Waals surface area contributed by atoms with E-state index >= 15 is 0 Å². The molecular formula is C29H25N3O3. The van der Waals surface area contributed by atoms with Crippen LogP contribution in [-0.4, -0.2) is 22.4 Å². The van der Waals surface area contributed by atoms with E-state index in [9.17, 15) is 14.4 Å². The predicted molar refractivity (Wildman–Crippen MR) is 138 cm³/mol. The van der Waals surface area contributed by atoms with Crippen molar-refractivity contribution >= 4 is 40.4 Å². The van der Waals surface area contributed by atoms with Crippen molar-refractivity contribution in [3.63, 3.8) is 0 Å². The molecule has 0 radical (unpaired) electrons. The van der Waals surface area contributed by atoms with Crippen molar-refractivity contribution in [2.45, 2.75) is 27.2 Å². The van der Waals surface area contributed by atoms with Crippen LogP contribution < -0.4 is 10.2 Å². The first-order valence-corrected chi connectivity index (χ1v) is 11.6. The van der Waals surface area contributed by atoms with Crippen LogP contribution in [0.15, 0.2) is 78.4 Å². The zero-order chi connectivity index (χ0) is 24.7. The fourth-order valence-corrected chi connectivity index (χ4v) is 4.64. The third-order valence-corrected chi connectivity index (χ3v) is 6.48. The van der Waals surface area contributed by atoms with Crippen molar-refractivity contribution < 1.29 is 14.4 Å². The molecule has 0 atom stereocenters. The number of hydrogen-bond acceptors (Lipinski definition) is 3. The normalized spacial score (nSPS) is 15.2. The number of benzene rings is 3. The summed E-state index contributed by atoms with van der Waals surface area (Å²) in [4.78, 5) is 39.6. The van der Waals surface area contributed by atoms with E-state index in [4.69, 9.17) is 0 Å². The molecule has 0 bridgehead atoms. The number of barbiturate groups is 1. The first-order valence-electron chi connectivity index (χ1n) is 11.6. The van der Waals surface area contributed by atoms with E-state index < -0.39 is 17.8 Å². The highest BCUT2D eigenvalue weighted by Crippen LogP contribution is 2.29. The van der Waals surface area contributed by atoms with Crippen molar-refractivity contribution in [2.75, 3.05) is 4.90 Å². The molecule has 1 N–H and O–H groups in total. The Hall–Kier alpha value is -4.45. The Kier molecular flexibility index (Phi) is 5.57. The Morgan fingerprint density at radius 2 is 1.60 bits per heavy atom. The Bertz CT molecular complexity index is 1520. The fraction of sp³-hybridized carbons (Fsp3) is 0.138. The molecule has 0 unspecified atom stereocenters. The summed E-state index contributed by atoms with van der Waals surface area (Å²) in [6.07, 6.45) is 2.41. The van der Waals surface area contributed by atoms with Crippen LogP contribution in [0.5, 0.6) is 0 Å². The molecular weight excluding hydrogens is 438 g/mol. The van der Waals surface area contributed by atoms with Crippen LogP contribution in [0.4, 0.5) is 10.5 Å². The summed E-state index contributed by atoms with van der Waals surface area (Å²) in [5, 5.41) is 4.54. The molecule has 2 heterocycles. The van der Waals surface area contributed by atoms with E-state index in [1.807, 2.05) is 57.2 Å². The van der Waals surface area contributed by atoms with Gasteiger partial charge in [-0.2, -0.15) is 0 Å². The second kappa shape index (κ2) is 8.72. The molecule has 4 amide bonds. The zero-order valence-electron chi connectivity index (χ0n) is 19.8. The number of amides is 4. The van der Waals surface area contributed by atoms with Crippen LogP contribution in [0.3, 0.4) is 0 Å². The number of aromatic nitrogens is 1. The average molecular weight is 464 g/mol. The summed E-state index contributed by atoms with van der Waals surface area (Å²) < 4.78 is 2.12. The second-order valence-corrected chi connectivity index (χ2v) is 8.64. The topological polar surface area (TPSA) is 71.4 Å². The molecule has 3 aromatic carbocycles. The van der Waals surface area contributed by atoms with Crippen molar-refractivity contribution in [1.82, 2.24) is 9.88 Å². The van der Waals surface area contributed by atoms with Crippen molar-refractivity contribution in [1.29, 1.82) is 0 Å². The SMILES string of the molecule is CCc1ccc(N2C(=O)NC(=O)/C(=C\c3cc(C)n(-c4cccc5ccccc45)c3C)C2=O)cc1. The number of rotatable bonds is 4. The summed E-state index contributed by atoms with van der Waals surface area (Å²) in [7, 11) is 0. The maximum atomic E-state index is 13.3. The summed E-state index contributed by atoms with van der Waals surface area (Å²) in [6, 6.07) is 22.7. The predicted octanol–water partition coefficient (Wildman–Crippen LogP) is 5.48. The lowest BCUT2D eigenvalue weighted by Crippen LogP contribution is -2.54. The zero-order valence-corrected chi connectivity index (χ0v) is 19.8. The standard InChI is InChI=1S/C29H25N3O3/c1-4-20-12-14-23(15-13-20)32-28(34)25(27(33)30-29(32)35)17-22-16-18(2)31(19(22)3)26-11-7-9-21-8-5-6-10-24(21)26/h5-17H,4H2,1-3H3,(H,30,33,35)/b25-17+. The van der Waals surface area contributed by atoms with Crippen LogP contribution in [0.25, 0.3) is 22.5 Å². The number of carbonyl (C=O) groups excluding carboxylic acids is 3. The minimum absolute atomic E-state index is 0.0812. The van der Waals surface area contributed by atoms with Crippen molar-refractivity contribution in [3.8, 4) is 5.69 Å². The van der Waals surface area contributed by atoms with Crippen LogP contribution in [0, 0.1) is 13.8 Å². The molecule has 0 aliphatic carbocycles. The molecule has 6 heteroatoms. The minimum atomic E-state index is -0.748. The van der Waals surface area contributed by atoms with Gasteiger partial charge in [0.05, 0.1) is 11.4 Å². The van der Waals surface area contributed by atoms with Gasteiger partial charge >= 0.3 is 6.03 Å². The van der Waals surface area contributed by atoms with Crippen LogP contribution in [0.1, 0.15) is 29.4 Å². The number of fused-ring (bicyclic) bond motifs is 1. The van der Waals surface area contributed by atoms with Gasteiger partial charge in [-0.05, 0) is 67.1 Å². The first kappa shape index (κ1) is 22.3. The van der Waals surface area contributed by atoms with Gasteiger partial charge in [0.25, 0.3) is 11.8 Å². The molecule has 0 spiro atoms. The lowest BCUT2D eigenvalue weighted by molar-refractivity contribution is -0.122. The Labute approximate surface area is 203 Å². The molecule has 1 aromatic heterocycles. The van der Waals surface area contributed by atoms with Crippen molar-refractivity contribution in [3.05, 3.63) is 101 Å². The number of aryl methyl sites for hydroxylation is 2. The number of urea groups is 1. The van der Waals surface area contributed by atoms with Gasteiger partial charge in [0.2, 0.25) is 0 Å². The van der Waals surface area contributed by atoms with Gasteiger partial charge in [0, 0.05) is 16.8 Å². The highest BCUT2D eigenvalue weighted by atomic mass is 16.2. The maximum absolute atomic E-state index is 13.3. The summed E-state index contributed by atoms with van der Waals surface area (Å²) >= 11 is 0. The van der Waals surface area contributed by atoms with E-state index in [-0.39, 0.29) is 5.57 Å². The Morgan fingerprint density at radius 1 is 0.886 bits per heavy atom. The van der Waals surface area contributed by atoms with Gasteiger partial charge in [-0.25, -0.2) is 9.69 Å². The van der Waals surface area contributed by atoms with E-state index in [0.29, 0.717) is 5.69 Å². The van der Waals surface area contributed by atoms with E-state index in [1.54, 1.807) is 18.2 Å². The second-order valence-electron chi connectivity index (χ2n) is 8.64. The highest BCUT2D eigenvalue weighted by molar-refractivity contribution is 6.39. The molecule has 4 aromatic rings.